The summed E-state index contributed by atoms with van der Waals surface area (Å²) in [6.45, 7) is 9.25. The average Bonchev–Trinajstić information content (AvgIpc) is 2.54. The number of ether oxygens (including phenoxy) is 1. The molecule has 0 aliphatic carbocycles. The molecule has 0 unspecified atom stereocenters. The molecule has 1 nitrogen and oxygen atoms in total. The molecule has 0 N–H and O–H groups in total. The fourth-order valence-electron chi connectivity index (χ4n) is 3.53. The molecular formula is C20H36OSn. The van der Waals surface area contributed by atoms with Crippen LogP contribution < -0.4 is 8.32 Å². The van der Waals surface area contributed by atoms with E-state index >= 15 is 0 Å². The third-order valence-corrected chi connectivity index (χ3v) is 20.5. The number of aryl methyl sites for hydroxylation is 1. The molecule has 1 aromatic rings. The van der Waals surface area contributed by atoms with Crippen LogP contribution in [-0.4, -0.2) is 25.5 Å². The van der Waals surface area contributed by atoms with Crippen LogP contribution in [0.4, 0.5) is 0 Å². The minimum absolute atomic E-state index is 1.07. The van der Waals surface area contributed by atoms with Gasteiger partial charge in [0.25, 0.3) is 0 Å². The molecule has 0 radical (unpaired) electrons. The van der Waals surface area contributed by atoms with Crippen molar-refractivity contribution in [2.75, 3.05) is 7.11 Å². The zero-order valence-electron chi connectivity index (χ0n) is 15.5. The summed E-state index contributed by atoms with van der Waals surface area (Å²) in [6, 6.07) is 7.07. The van der Waals surface area contributed by atoms with Crippen molar-refractivity contribution in [1.29, 1.82) is 0 Å². The summed E-state index contributed by atoms with van der Waals surface area (Å²) in [7, 11) is 1.81. The van der Waals surface area contributed by atoms with Crippen molar-refractivity contribution in [3.63, 3.8) is 0 Å². The average molecular weight is 411 g/mol. The van der Waals surface area contributed by atoms with Crippen LogP contribution in [0, 0.1) is 6.92 Å². The zero-order chi connectivity index (χ0) is 16.4. The van der Waals surface area contributed by atoms with E-state index in [-0.39, 0.29) is 0 Å². The normalized spacial score (nSPS) is 11.7. The molecule has 0 spiro atoms. The fraction of sp³-hybridized carbons (Fsp3) is 0.700. The van der Waals surface area contributed by atoms with Crippen molar-refractivity contribution in [2.45, 2.75) is 79.5 Å². The third kappa shape index (κ3) is 5.79. The fourth-order valence-corrected chi connectivity index (χ4v) is 19.8. The molecule has 2 heteroatoms. The van der Waals surface area contributed by atoms with Gasteiger partial charge in [0.2, 0.25) is 0 Å². The van der Waals surface area contributed by atoms with Gasteiger partial charge in [-0.1, -0.05) is 0 Å². The number of hydrogen-bond donors (Lipinski definition) is 0. The Morgan fingerprint density at radius 2 is 1.32 bits per heavy atom. The second-order valence-corrected chi connectivity index (χ2v) is 20.1. The number of methoxy groups -OCH3 is 1. The van der Waals surface area contributed by atoms with Crippen LogP contribution in [0.1, 0.15) is 64.9 Å². The van der Waals surface area contributed by atoms with Gasteiger partial charge >= 0.3 is 143 Å². The summed E-state index contributed by atoms with van der Waals surface area (Å²) in [5.74, 6) is 1.07. The van der Waals surface area contributed by atoms with Crippen LogP contribution in [0.25, 0.3) is 0 Å². The Hall–Kier alpha value is -0.181. The van der Waals surface area contributed by atoms with Gasteiger partial charge in [-0.2, -0.15) is 0 Å². The molecule has 0 aliphatic heterocycles. The van der Waals surface area contributed by atoms with Crippen molar-refractivity contribution in [3.8, 4) is 5.75 Å². The second-order valence-electron chi connectivity index (χ2n) is 6.83. The van der Waals surface area contributed by atoms with Crippen LogP contribution in [-0.2, 0) is 0 Å². The second kappa shape index (κ2) is 10.6. The van der Waals surface area contributed by atoms with Crippen LogP contribution in [0.15, 0.2) is 18.2 Å². The van der Waals surface area contributed by atoms with E-state index < -0.39 is 18.4 Å². The van der Waals surface area contributed by atoms with Gasteiger partial charge in [0.1, 0.15) is 0 Å². The van der Waals surface area contributed by atoms with Gasteiger partial charge in [-0.15, -0.1) is 0 Å². The van der Waals surface area contributed by atoms with Crippen molar-refractivity contribution in [2.24, 2.45) is 0 Å². The molecule has 0 aliphatic rings. The van der Waals surface area contributed by atoms with Crippen molar-refractivity contribution >= 4 is 22.0 Å². The molecule has 0 bridgehead atoms. The zero-order valence-corrected chi connectivity index (χ0v) is 18.4. The van der Waals surface area contributed by atoms with Gasteiger partial charge in [-0.25, -0.2) is 0 Å². The van der Waals surface area contributed by atoms with E-state index in [1.54, 1.807) is 10.7 Å². The number of hydrogen-bond acceptors (Lipinski definition) is 1. The summed E-state index contributed by atoms with van der Waals surface area (Å²) in [6.07, 6.45) is 8.25. The molecule has 0 aromatic heterocycles. The van der Waals surface area contributed by atoms with Crippen LogP contribution in [0.5, 0.6) is 5.75 Å². The molecule has 0 amide bonds. The van der Waals surface area contributed by atoms with Crippen molar-refractivity contribution in [3.05, 3.63) is 23.8 Å². The predicted octanol–water partition coefficient (Wildman–Crippen LogP) is 6.06. The molecule has 0 atom stereocenters. The van der Waals surface area contributed by atoms with Crippen molar-refractivity contribution in [1.82, 2.24) is 0 Å². The number of unbranched alkanes of at least 4 members (excludes halogenated alkanes) is 3. The van der Waals surface area contributed by atoms with E-state index in [4.69, 9.17) is 4.74 Å². The number of benzene rings is 1. The molecule has 0 saturated heterocycles. The Kier molecular flexibility index (Phi) is 9.54. The van der Waals surface area contributed by atoms with Gasteiger partial charge in [-0.3, -0.25) is 0 Å². The first-order chi connectivity index (χ1) is 10.6. The molecule has 0 heterocycles. The maximum atomic E-state index is 5.58. The predicted molar refractivity (Wildman–Crippen MR) is 102 cm³/mol. The Morgan fingerprint density at radius 3 is 1.73 bits per heavy atom. The summed E-state index contributed by atoms with van der Waals surface area (Å²) in [5.41, 5.74) is 1.37. The van der Waals surface area contributed by atoms with E-state index in [0.29, 0.717) is 0 Å². The summed E-state index contributed by atoms with van der Waals surface area (Å²) in [5, 5.41) is 0. The van der Waals surface area contributed by atoms with Crippen molar-refractivity contribution < 1.29 is 4.74 Å². The van der Waals surface area contributed by atoms with Crippen LogP contribution in [0.3, 0.4) is 0 Å². The maximum absolute atomic E-state index is 5.58. The summed E-state index contributed by atoms with van der Waals surface area (Å²) >= 11 is -2.29. The molecule has 126 valence electrons. The summed E-state index contributed by atoms with van der Waals surface area (Å²) < 4.78 is 11.9. The standard InChI is InChI=1S/C8H9O.3C4H9.Sn/c1-7-4-3-5-8(6-7)9-2;3*1-3-4-2;/h4-6H,1-2H3;3*1,3-4H2,2H3;. The Labute approximate surface area is 142 Å². The first-order valence-corrected chi connectivity index (χ1v) is 16.8. The molecule has 22 heavy (non-hydrogen) atoms. The van der Waals surface area contributed by atoms with Crippen LogP contribution in [0.2, 0.25) is 13.3 Å². The van der Waals surface area contributed by atoms with Gasteiger partial charge < -0.3 is 0 Å². The van der Waals surface area contributed by atoms with E-state index in [9.17, 15) is 0 Å². The van der Waals surface area contributed by atoms with E-state index in [1.807, 2.05) is 0 Å². The van der Waals surface area contributed by atoms with Gasteiger partial charge in [0, 0.05) is 0 Å². The first kappa shape index (κ1) is 19.9. The van der Waals surface area contributed by atoms with E-state index in [2.05, 4.69) is 45.9 Å². The quantitative estimate of drug-likeness (QED) is 0.403. The van der Waals surface area contributed by atoms with Gasteiger partial charge in [-0.05, 0) is 0 Å². The minimum atomic E-state index is -2.29. The molecule has 0 fully saturated rings. The number of rotatable bonds is 11. The Morgan fingerprint density at radius 1 is 0.818 bits per heavy atom. The molecular weight excluding hydrogens is 375 g/mol. The monoisotopic (exact) mass is 412 g/mol. The molecule has 0 saturated carbocycles. The summed E-state index contributed by atoms with van der Waals surface area (Å²) in [4.78, 5) is 0. The Bertz CT molecular complexity index is 406. The topological polar surface area (TPSA) is 9.23 Å². The molecule has 1 rings (SSSR count). The van der Waals surface area contributed by atoms with Crippen LogP contribution >= 0.6 is 0 Å². The van der Waals surface area contributed by atoms with E-state index in [1.165, 1.54) is 57.4 Å². The Balaban J connectivity index is 3.20. The molecule has 1 aromatic carbocycles. The first-order valence-electron chi connectivity index (χ1n) is 9.28. The SMILES string of the molecule is CCC[CH2][Sn]([CH2]CCC)([CH2]CCC)[c]1cc(C)cc(OC)c1. The third-order valence-electron chi connectivity index (χ3n) is 4.93. The van der Waals surface area contributed by atoms with Gasteiger partial charge in [0.15, 0.2) is 0 Å². The van der Waals surface area contributed by atoms with E-state index in [0.717, 1.165) is 5.75 Å². The van der Waals surface area contributed by atoms with Gasteiger partial charge in [0.05, 0.1) is 0 Å².